The van der Waals surface area contributed by atoms with Gasteiger partial charge in [0.2, 0.25) is 0 Å². The van der Waals surface area contributed by atoms with E-state index in [1.807, 2.05) is 0 Å². The summed E-state index contributed by atoms with van der Waals surface area (Å²) in [5.41, 5.74) is 9.40. The van der Waals surface area contributed by atoms with Gasteiger partial charge < -0.3 is 9.80 Å². The second-order valence-corrected chi connectivity index (χ2v) is 10.6. The lowest BCUT2D eigenvalue weighted by Crippen LogP contribution is -2.27. The topological polar surface area (TPSA) is 6.48 Å². The first-order valence-electron chi connectivity index (χ1n) is 14.5. The van der Waals surface area contributed by atoms with Crippen molar-refractivity contribution in [3.05, 3.63) is 188 Å². The normalized spacial score (nSPS) is 16.9. The van der Waals surface area contributed by atoms with Crippen LogP contribution < -0.4 is 9.80 Å². The van der Waals surface area contributed by atoms with Gasteiger partial charge in [-0.15, -0.1) is 0 Å². The number of anilines is 5. The molecule has 0 bridgehead atoms. The molecule has 0 spiro atoms. The summed E-state index contributed by atoms with van der Waals surface area (Å²) in [4.78, 5) is 4.69. The summed E-state index contributed by atoms with van der Waals surface area (Å²) in [6, 6.07) is 49.5. The molecule has 0 heterocycles. The van der Waals surface area contributed by atoms with Crippen molar-refractivity contribution in [2.24, 2.45) is 11.8 Å². The highest BCUT2D eigenvalue weighted by Crippen LogP contribution is 2.41. The van der Waals surface area contributed by atoms with Crippen molar-refractivity contribution in [3.8, 4) is 11.1 Å². The number of allylic oxidation sites excluding steroid dienone is 7. The van der Waals surface area contributed by atoms with Gasteiger partial charge in [0.05, 0.1) is 0 Å². The Hall–Kier alpha value is -5.34. The third kappa shape index (κ3) is 5.11. The monoisotopic (exact) mass is 540 g/mol. The van der Waals surface area contributed by atoms with E-state index in [0.29, 0.717) is 11.8 Å². The molecule has 0 saturated heterocycles. The fraction of sp³-hybridized carbons (Fsp3) is 0.0500. The average molecular weight is 541 g/mol. The Morgan fingerprint density at radius 2 is 0.762 bits per heavy atom. The van der Waals surface area contributed by atoms with E-state index in [2.05, 4.69) is 192 Å². The number of nitrogens with zero attached hydrogens (tertiary/aromatic N) is 2. The highest BCUT2D eigenvalue weighted by atomic mass is 15.2. The summed E-state index contributed by atoms with van der Waals surface area (Å²) < 4.78 is 0. The van der Waals surface area contributed by atoms with E-state index in [-0.39, 0.29) is 0 Å². The van der Waals surface area contributed by atoms with Gasteiger partial charge in [-0.25, -0.2) is 0 Å². The SMILES string of the molecule is C1=CC2C=CC=C(N(c3ccccc3)c3ccc(-c4ccc(N(c5ccccc5)c5ccccc5)cc4)cc3)C2C=C1. The van der Waals surface area contributed by atoms with Gasteiger partial charge in [-0.2, -0.15) is 0 Å². The number of hydrogen-bond donors (Lipinski definition) is 0. The Bertz CT molecular complexity index is 1710. The van der Waals surface area contributed by atoms with Gasteiger partial charge in [0.1, 0.15) is 0 Å². The van der Waals surface area contributed by atoms with E-state index in [1.54, 1.807) is 0 Å². The molecule has 5 aromatic rings. The van der Waals surface area contributed by atoms with Crippen LogP contribution in [0.2, 0.25) is 0 Å². The molecule has 0 aliphatic heterocycles. The van der Waals surface area contributed by atoms with Crippen LogP contribution in [0.1, 0.15) is 0 Å². The van der Waals surface area contributed by atoms with Crippen molar-refractivity contribution in [3.63, 3.8) is 0 Å². The van der Waals surface area contributed by atoms with Gasteiger partial charge in [-0.05, 0) is 77.9 Å². The van der Waals surface area contributed by atoms with Crippen molar-refractivity contribution in [2.45, 2.75) is 0 Å². The summed E-state index contributed by atoms with van der Waals surface area (Å²) in [5.74, 6) is 0.690. The minimum atomic E-state index is 0.310. The minimum Gasteiger partial charge on any atom is -0.314 e. The Morgan fingerprint density at radius 1 is 0.357 bits per heavy atom. The fourth-order valence-corrected chi connectivity index (χ4v) is 5.95. The number of fused-ring (bicyclic) bond motifs is 1. The van der Waals surface area contributed by atoms with E-state index in [9.17, 15) is 0 Å². The summed E-state index contributed by atoms with van der Waals surface area (Å²) in [6.45, 7) is 0. The van der Waals surface area contributed by atoms with Crippen LogP contribution in [0.15, 0.2) is 188 Å². The highest BCUT2D eigenvalue weighted by molar-refractivity contribution is 5.79. The first-order valence-corrected chi connectivity index (χ1v) is 14.5. The molecule has 0 radical (unpaired) electrons. The Labute approximate surface area is 248 Å². The van der Waals surface area contributed by atoms with Crippen LogP contribution in [0.3, 0.4) is 0 Å². The number of benzene rings is 5. The molecular weight excluding hydrogens is 508 g/mol. The zero-order valence-corrected chi connectivity index (χ0v) is 23.4. The second-order valence-electron chi connectivity index (χ2n) is 10.6. The number of hydrogen-bond acceptors (Lipinski definition) is 2. The minimum absolute atomic E-state index is 0.310. The molecule has 42 heavy (non-hydrogen) atoms. The number of rotatable bonds is 7. The first kappa shape index (κ1) is 25.6. The Kier molecular flexibility index (Phi) is 7.10. The zero-order chi connectivity index (χ0) is 28.1. The fourth-order valence-electron chi connectivity index (χ4n) is 5.95. The maximum Gasteiger partial charge on any atom is 0.0462 e. The van der Waals surface area contributed by atoms with E-state index < -0.39 is 0 Å². The Morgan fingerprint density at radius 3 is 1.29 bits per heavy atom. The van der Waals surface area contributed by atoms with Crippen LogP contribution in [-0.2, 0) is 0 Å². The quantitative estimate of drug-likeness (QED) is 0.203. The van der Waals surface area contributed by atoms with Gasteiger partial charge in [0.25, 0.3) is 0 Å². The average Bonchev–Trinajstić information content (AvgIpc) is 3.07. The van der Waals surface area contributed by atoms with Gasteiger partial charge >= 0.3 is 0 Å². The van der Waals surface area contributed by atoms with Gasteiger partial charge in [0, 0.05) is 46.0 Å². The molecule has 2 atom stereocenters. The van der Waals surface area contributed by atoms with Crippen LogP contribution in [-0.4, -0.2) is 0 Å². The molecule has 0 fully saturated rings. The third-order valence-electron chi connectivity index (χ3n) is 8.01. The summed E-state index contributed by atoms with van der Waals surface area (Å²) in [7, 11) is 0. The van der Waals surface area contributed by atoms with Crippen molar-refractivity contribution < 1.29 is 0 Å². The van der Waals surface area contributed by atoms with Crippen LogP contribution in [0.4, 0.5) is 28.4 Å². The van der Waals surface area contributed by atoms with Crippen molar-refractivity contribution in [1.82, 2.24) is 0 Å². The molecule has 2 aliphatic carbocycles. The molecule has 7 rings (SSSR count). The maximum atomic E-state index is 2.40. The van der Waals surface area contributed by atoms with Gasteiger partial charge in [-0.3, -0.25) is 0 Å². The van der Waals surface area contributed by atoms with E-state index in [0.717, 1.165) is 22.7 Å². The maximum absolute atomic E-state index is 2.40. The first-order chi connectivity index (χ1) is 20.8. The van der Waals surface area contributed by atoms with Crippen molar-refractivity contribution >= 4 is 28.4 Å². The van der Waals surface area contributed by atoms with Crippen LogP contribution >= 0.6 is 0 Å². The highest BCUT2D eigenvalue weighted by Gasteiger charge is 2.28. The van der Waals surface area contributed by atoms with Crippen molar-refractivity contribution in [2.75, 3.05) is 9.80 Å². The molecule has 2 nitrogen and oxygen atoms in total. The van der Waals surface area contributed by atoms with E-state index >= 15 is 0 Å². The number of para-hydroxylation sites is 3. The van der Waals surface area contributed by atoms with Crippen LogP contribution in [0.25, 0.3) is 11.1 Å². The van der Waals surface area contributed by atoms with E-state index in [1.165, 1.54) is 22.5 Å². The molecule has 2 unspecified atom stereocenters. The molecule has 2 aliphatic rings. The molecule has 5 aromatic carbocycles. The molecule has 2 heteroatoms. The van der Waals surface area contributed by atoms with E-state index in [4.69, 9.17) is 0 Å². The summed E-state index contributed by atoms with van der Waals surface area (Å²) >= 11 is 0. The molecule has 202 valence electrons. The second kappa shape index (κ2) is 11.6. The van der Waals surface area contributed by atoms with Gasteiger partial charge in [-0.1, -0.05) is 115 Å². The summed E-state index contributed by atoms with van der Waals surface area (Å²) in [6.07, 6.45) is 15.7. The van der Waals surface area contributed by atoms with Crippen LogP contribution in [0, 0.1) is 11.8 Å². The molecule has 0 saturated carbocycles. The molecule has 0 N–H and O–H groups in total. The smallest absolute Gasteiger partial charge is 0.0462 e. The van der Waals surface area contributed by atoms with Crippen LogP contribution in [0.5, 0.6) is 0 Å². The zero-order valence-electron chi connectivity index (χ0n) is 23.4. The lowest BCUT2D eigenvalue weighted by Gasteiger charge is -2.36. The van der Waals surface area contributed by atoms with Crippen molar-refractivity contribution in [1.29, 1.82) is 0 Å². The van der Waals surface area contributed by atoms with Gasteiger partial charge in [0.15, 0.2) is 0 Å². The molecule has 0 amide bonds. The lowest BCUT2D eigenvalue weighted by molar-refractivity contribution is 0.612. The standard InChI is InChI=1S/C40H32N2/c1-4-15-34(16-5-1)41(35-17-6-2-7-18-35)37-27-23-31(24-28-37)32-25-29-38(30-26-32)42(36-19-8-3-9-20-36)40-22-12-14-33-13-10-11-21-39(33)40/h1-30,33,39H. The third-order valence-corrected chi connectivity index (χ3v) is 8.01. The Balaban J connectivity index is 1.20. The molecular formula is C40H32N2. The largest absolute Gasteiger partial charge is 0.314 e. The molecule has 0 aromatic heterocycles. The summed E-state index contributed by atoms with van der Waals surface area (Å²) in [5, 5.41) is 0. The predicted molar refractivity (Wildman–Crippen MR) is 178 cm³/mol. The predicted octanol–water partition coefficient (Wildman–Crippen LogP) is 10.8. The lowest BCUT2D eigenvalue weighted by atomic mass is 9.82.